The van der Waals surface area contributed by atoms with E-state index in [4.69, 9.17) is 5.11 Å². The molecule has 1 rings (SSSR count). The molecule has 0 saturated carbocycles. The molecule has 112 valence electrons. The summed E-state index contributed by atoms with van der Waals surface area (Å²) in [6, 6.07) is -1.16. The molecule has 0 bridgehead atoms. The minimum absolute atomic E-state index is 0.0513. The molecule has 1 fully saturated rings. The third-order valence-electron chi connectivity index (χ3n) is 3.19. The Balaban J connectivity index is 2.53. The van der Waals surface area contributed by atoms with Crippen LogP contribution in [-0.2, 0) is 23.9 Å². The number of rotatable bonds is 6. The molecule has 1 aliphatic rings. The van der Waals surface area contributed by atoms with Crippen molar-refractivity contribution in [1.29, 1.82) is 0 Å². The molecular weight excluding hydrogens is 268 g/mol. The van der Waals surface area contributed by atoms with Crippen LogP contribution in [0.5, 0.6) is 0 Å². The Kier molecular flexibility index (Phi) is 5.48. The minimum atomic E-state index is -1.22. The maximum absolute atomic E-state index is 11.9. The van der Waals surface area contributed by atoms with Crippen LogP contribution < -0.4 is 5.32 Å². The molecule has 0 aromatic heterocycles. The number of carbonyl (C=O) groups is 4. The average Bonchev–Trinajstić information content (AvgIpc) is 2.73. The molecule has 1 aliphatic heterocycles. The fourth-order valence-electron chi connectivity index (χ4n) is 1.95. The number of likely N-dealkylation sites (tertiary alicyclic amines) is 1. The fraction of sp³-hybridized carbons (Fsp3) is 0.667. The van der Waals surface area contributed by atoms with E-state index in [1.807, 2.05) is 0 Å². The fourth-order valence-corrected chi connectivity index (χ4v) is 1.95. The normalized spacial score (nSPS) is 19.6. The van der Waals surface area contributed by atoms with Gasteiger partial charge in [0.1, 0.15) is 6.04 Å². The van der Waals surface area contributed by atoms with Gasteiger partial charge in [-0.15, -0.1) is 0 Å². The summed E-state index contributed by atoms with van der Waals surface area (Å²) >= 11 is 0. The molecule has 0 aliphatic carbocycles. The van der Waals surface area contributed by atoms with E-state index in [0.29, 0.717) is 0 Å². The smallest absolute Gasteiger partial charge is 0.326 e. The number of ether oxygens (including phenoxy) is 1. The van der Waals surface area contributed by atoms with Crippen LogP contribution in [0.4, 0.5) is 0 Å². The van der Waals surface area contributed by atoms with Gasteiger partial charge in [0.2, 0.25) is 11.8 Å². The number of hydrogen-bond acceptors (Lipinski definition) is 5. The molecule has 2 atom stereocenters. The summed E-state index contributed by atoms with van der Waals surface area (Å²) in [4.78, 5) is 46.7. The molecule has 20 heavy (non-hydrogen) atoms. The zero-order valence-electron chi connectivity index (χ0n) is 11.4. The number of amides is 2. The van der Waals surface area contributed by atoms with Crippen molar-refractivity contribution in [3.8, 4) is 0 Å². The van der Waals surface area contributed by atoms with Crippen LogP contribution in [-0.4, -0.2) is 60.5 Å². The van der Waals surface area contributed by atoms with E-state index in [0.717, 1.165) is 0 Å². The number of esters is 1. The third kappa shape index (κ3) is 4.22. The molecule has 0 radical (unpaired) electrons. The first-order chi connectivity index (χ1) is 9.35. The van der Waals surface area contributed by atoms with Crippen LogP contribution in [0.2, 0.25) is 0 Å². The molecule has 1 unspecified atom stereocenters. The summed E-state index contributed by atoms with van der Waals surface area (Å²) in [7, 11) is 2.79. The number of nitrogens with one attached hydrogen (secondary N) is 1. The quantitative estimate of drug-likeness (QED) is 0.605. The molecular formula is C12H18N2O6. The van der Waals surface area contributed by atoms with Crippen molar-refractivity contribution < 1.29 is 29.0 Å². The zero-order valence-corrected chi connectivity index (χ0v) is 11.4. The van der Waals surface area contributed by atoms with Crippen LogP contribution in [0.3, 0.4) is 0 Å². The summed E-state index contributed by atoms with van der Waals surface area (Å²) in [5.74, 6) is -2.94. The van der Waals surface area contributed by atoms with Crippen LogP contribution in [0, 0.1) is 5.92 Å². The first-order valence-corrected chi connectivity index (χ1v) is 6.19. The second-order valence-electron chi connectivity index (χ2n) is 4.69. The molecule has 1 heterocycles. The number of methoxy groups -OCH3 is 1. The highest BCUT2D eigenvalue weighted by atomic mass is 16.5. The maximum atomic E-state index is 11.9. The van der Waals surface area contributed by atoms with Crippen LogP contribution in [0.15, 0.2) is 0 Å². The van der Waals surface area contributed by atoms with Gasteiger partial charge in [-0.25, -0.2) is 4.79 Å². The summed E-state index contributed by atoms with van der Waals surface area (Å²) in [5.41, 5.74) is 0. The summed E-state index contributed by atoms with van der Waals surface area (Å²) < 4.78 is 4.42. The van der Waals surface area contributed by atoms with Crippen molar-refractivity contribution >= 4 is 23.8 Å². The van der Waals surface area contributed by atoms with Crippen molar-refractivity contribution in [2.75, 3.05) is 20.7 Å². The zero-order chi connectivity index (χ0) is 15.3. The van der Waals surface area contributed by atoms with Gasteiger partial charge < -0.3 is 20.1 Å². The largest absolute Gasteiger partial charge is 0.480 e. The lowest BCUT2D eigenvalue weighted by Crippen LogP contribution is -2.44. The van der Waals surface area contributed by atoms with Crippen LogP contribution in [0.25, 0.3) is 0 Å². The average molecular weight is 286 g/mol. The predicted octanol–water partition coefficient (Wildman–Crippen LogP) is -1.01. The Morgan fingerprint density at radius 3 is 2.60 bits per heavy atom. The van der Waals surface area contributed by atoms with Gasteiger partial charge in [-0.2, -0.15) is 0 Å². The molecule has 2 N–H and O–H groups in total. The first-order valence-electron chi connectivity index (χ1n) is 6.19. The van der Waals surface area contributed by atoms with E-state index in [1.54, 1.807) is 7.05 Å². The van der Waals surface area contributed by atoms with Crippen molar-refractivity contribution in [3.05, 3.63) is 0 Å². The first kappa shape index (κ1) is 15.9. The van der Waals surface area contributed by atoms with Gasteiger partial charge in [0.15, 0.2) is 0 Å². The Bertz CT molecular complexity index is 422. The Morgan fingerprint density at radius 1 is 1.50 bits per heavy atom. The Hall–Kier alpha value is -2.12. The molecule has 0 aromatic carbocycles. The number of carboxylic acid groups (broad SMARTS) is 1. The highest BCUT2D eigenvalue weighted by Crippen LogP contribution is 2.16. The summed E-state index contributed by atoms with van der Waals surface area (Å²) in [5, 5.41) is 11.4. The number of hydrogen-bond donors (Lipinski definition) is 2. The van der Waals surface area contributed by atoms with Gasteiger partial charge in [0.25, 0.3) is 0 Å². The van der Waals surface area contributed by atoms with E-state index < -0.39 is 29.8 Å². The minimum Gasteiger partial charge on any atom is -0.480 e. The van der Waals surface area contributed by atoms with Crippen molar-refractivity contribution in [2.24, 2.45) is 5.92 Å². The number of carbonyl (C=O) groups excluding carboxylic acids is 3. The predicted molar refractivity (Wildman–Crippen MR) is 66.6 cm³/mol. The van der Waals surface area contributed by atoms with E-state index in [2.05, 4.69) is 10.1 Å². The molecule has 8 heteroatoms. The van der Waals surface area contributed by atoms with Crippen molar-refractivity contribution in [3.63, 3.8) is 0 Å². The van der Waals surface area contributed by atoms with Gasteiger partial charge in [-0.05, 0) is 6.42 Å². The second kappa shape index (κ2) is 6.88. The highest BCUT2D eigenvalue weighted by Gasteiger charge is 2.34. The van der Waals surface area contributed by atoms with Gasteiger partial charge in [-0.1, -0.05) is 0 Å². The monoisotopic (exact) mass is 286 g/mol. The van der Waals surface area contributed by atoms with Crippen LogP contribution in [0.1, 0.15) is 19.3 Å². The third-order valence-corrected chi connectivity index (χ3v) is 3.19. The Morgan fingerprint density at radius 2 is 2.15 bits per heavy atom. The van der Waals surface area contributed by atoms with E-state index in [1.165, 1.54) is 12.0 Å². The summed E-state index contributed by atoms with van der Waals surface area (Å²) in [6.07, 6.45) is -0.0762. The molecule has 0 spiro atoms. The lowest BCUT2D eigenvalue weighted by molar-refractivity contribution is -0.144. The van der Waals surface area contributed by atoms with Crippen molar-refractivity contribution in [1.82, 2.24) is 10.2 Å². The molecule has 1 saturated heterocycles. The van der Waals surface area contributed by atoms with Gasteiger partial charge in [0, 0.05) is 26.4 Å². The van der Waals surface area contributed by atoms with Crippen LogP contribution >= 0.6 is 0 Å². The number of carboxylic acids is 1. The van der Waals surface area contributed by atoms with E-state index >= 15 is 0 Å². The van der Waals surface area contributed by atoms with E-state index in [-0.39, 0.29) is 31.7 Å². The second-order valence-corrected chi connectivity index (χ2v) is 4.69. The van der Waals surface area contributed by atoms with E-state index in [9.17, 15) is 19.2 Å². The van der Waals surface area contributed by atoms with Crippen molar-refractivity contribution in [2.45, 2.75) is 25.3 Å². The Labute approximate surface area is 116 Å². The standard InChI is InChI=1S/C12H18N2O6/c1-14-6-7(5-9(14)15)11(17)13-8(12(18)19)3-4-10(16)20-2/h7-8H,3-6H2,1-2H3,(H,13,17)(H,18,19)/t7?,8-/m1/s1. The number of aliphatic carboxylic acids is 1. The topological polar surface area (TPSA) is 113 Å². The maximum Gasteiger partial charge on any atom is 0.326 e. The van der Waals surface area contributed by atoms with Gasteiger partial charge in [0.05, 0.1) is 13.0 Å². The van der Waals surface area contributed by atoms with Gasteiger partial charge in [-0.3, -0.25) is 14.4 Å². The lowest BCUT2D eigenvalue weighted by atomic mass is 10.1. The molecule has 8 nitrogen and oxygen atoms in total. The highest BCUT2D eigenvalue weighted by molar-refractivity contribution is 5.91. The molecule has 0 aromatic rings. The lowest BCUT2D eigenvalue weighted by Gasteiger charge is -2.16. The summed E-state index contributed by atoms with van der Waals surface area (Å²) in [6.45, 7) is 0.272. The van der Waals surface area contributed by atoms with Gasteiger partial charge >= 0.3 is 11.9 Å². The SMILES string of the molecule is COC(=O)CC[C@@H](NC(=O)C1CC(=O)N(C)C1)C(=O)O. The molecule has 2 amide bonds. The number of nitrogens with zero attached hydrogens (tertiary/aromatic N) is 1.